The SMILES string of the molecule is O=C(O)c1ccc2nc(Cc3cccc(Cl)c3)cn2c1. The maximum Gasteiger partial charge on any atom is 0.337 e. The summed E-state index contributed by atoms with van der Waals surface area (Å²) in [6.45, 7) is 0. The van der Waals surface area contributed by atoms with Crippen LogP contribution in [0.1, 0.15) is 21.6 Å². The Morgan fingerprint density at radius 1 is 1.25 bits per heavy atom. The highest BCUT2D eigenvalue weighted by atomic mass is 35.5. The van der Waals surface area contributed by atoms with Gasteiger partial charge in [-0.05, 0) is 29.8 Å². The monoisotopic (exact) mass is 286 g/mol. The fourth-order valence-electron chi connectivity index (χ4n) is 2.11. The van der Waals surface area contributed by atoms with Gasteiger partial charge >= 0.3 is 5.97 Å². The molecular weight excluding hydrogens is 276 g/mol. The van der Waals surface area contributed by atoms with Gasteiger partial charge in [-0.3, -0.25) is 0 Å². The fourth-order valence-corrected chi connectivity index (χ4v) is 2.32. The summed E-state index contributed by atoms with van der Waals surface area (Å²) in [7, 11) is 0. The summed E-state index contributed by atoms with van der Waals surface area (Å²) >= 11 is 5.95. The highest BCUT2D eigenvalue weighted by molar-refractivity contribution is 6.30. The number of hydrogen-bond acceptors (Lipinski definition) is 2. The Morgan fingerprint density at radius 2 is 2.10 bits per heavy atom. The topological polar surface area (TPSA) is 54.6 Å². The Kier molecular flexibility index (Phi) is 3.16. The first kappa shape index (κ1) is 12.7. The van der Waals surface area contributed by atoms with E-state index in [0.717, 1.165) is 16.9 Å². The number of carbonyl (C=O) groups is 1. The van der Waals surface area contributed by atoms with E-state index in [1.54, 1.807) is 22.7 Å². The molecule has 0 aliphatic heterocycles. The lowest BCUT2D eigenvalue weighted by Gasteiger charge is -1.98. The van der Waals surface area contributed by atoms with Gasteiger partial charge in [0.15, 0.2) is 0 Å². The molecule has 0 fully saturated rings. The molecule has 3 rings (SSSR count). The fraction of sp³-hybridized carbons (Fsp3) is 0.0667. The van der Waals surface area contributed by atoms with Crippen LogP contribution < -0.4 is 0 Å². The van der Waals surface area contributed by atoms with Crippen molar-refractivity contribution in [3.8, 4) is 0 Å². The van der Waals surface area contributed by atoms with Crippen molar-refractivity contribution in [3.63, 3.8) is 0 Å². The molecule has 20 heavy (non-hydrogen) atoms. The first-order valence-corrected chi connectivity index (χ1v) is 6.45. The standard InChI is InChI=1S/C15H11ClN2O2/c16-12-3-1-2-10(6-12)7-13-9-18-8-11(15(19)20)4-5-14(18)17-13/h1-6,8-9H,7H2,(H,19,20). The molecule has 1 aromatic carbocycles. The number of halogens is 1. The van der Waals surface area contributed by atoms with E-state index in [0.29, 0.717) is 11.4 Å². The normalized spacial score (nSPS) is 10.8. The number of imidazole rings is 1. The molecule has 100 valence electrons. The molecule has 0 bridgehead atoms. The molecule has 0 saturated heterocycles. The van der Waals surface area contributed by atoms with Crippen LogP contribution in [0.4, 0.5) is 0 Å². The molecule has 0 saturated carbocycles. The smallest absolute Gasteiger partial charge is 0.337 e. The van der Waals surface area contributed by atoms with Crippen LogP contribution in [0.3, 0.4) is 0 Å². The summed E-state index contributed by atoms with van der Waals surface area (Å²) in [5.41, 5.74) is 2.91. The first-order valence-electron chi connectivity index (χ1n) is 6.07. The highest BCUT2D eigenvalue weighted by Gasteiger charge is 2.07. The number of hydrogen-bond donors (Lipinski definition) is 1. The van der Waals surface area contributed by atoms with Gasteiger partial charge in [0, 0.05) is 23.8 Å². The number of pyridine rings is 1. The first-order chi connectivity index (χ1) is 9.61. The number of benzene rings is 1. The Morgan fingerprint density at radius 3 is 2.85 bits per heavy atom. The quantitative estimate of drug-likeness (QED) is 0.804. The minimum absolute atomic E-state index is 0.240. The molecule has 0 aliphatic carbocycles. The molecule has 5 heteroatoms. The van der Waals surface area contributed by atoms with Crippen LogP contribution in [0.15, 0.2) is 48.8 Å². The summed E-state index contributed by atoms with van der Waals surface area (Å²) in [6, 6.07) is 10.9. The Bertz CT molecular complexity index is 795. The van der Waals surface area contributed by atoms with Gasteiger partial charge in [-0.15, -0.1) is 0 Å². The van der Waals surface area contributed by atoms with E-state index in [9.17, 15) is 4.79 Å². The second kappa shape index (κ2) is 4.98. The van der Waals surface area contributed by atoms with E-state index in [-0.39, 0.29) is 5.56 Å². The van der Waals surface area contributed by atoms with Crippen molar-refractivity contribution in [1.29, 1.82) is 0 Å². The number of fused-ring (bicyclic) bond motifs is 1. The molecule has 0 spiro atoms. The summed E-state index contributed by atoms with van der Waals surface area (Å²) in [4.78, 5) is 15.4. The molecular formula is C15H11ClN2O2. The minimum Gasteiger partial charge on any atom is -0.478 e. The highest BCUT2D eigenvalue weighted by Crippen LogP contribution is 2.15. The molecule has 2 aromatic heterocycles. The van der Waals surface area contributed by atoms with Crippen LogP contribution in [-0.2, 0) is 6.42 Å². The lowest BCUT2D eigenvalue weighted by molar-refractivity contribution is 0.0696. The molecule has 2 heterocycles. The lowest BCUT2D eigenvalue weighted by Crippen LogP contribution is -1.97. The third-order valence-electron chi connectivity index (χ3n) is 3.02. The van der Waals surface area contributed by atoms with Gasteiger partial charge in [-0.2, -0.15) is 0 Å². The number of nitrogens with zero attached hydrogens (tertiary/aromatic N) is 2. The second-order valence-electron chi connectivity index (χ2n) is 4.53. The number of aromatic carboxylic acids is 1. The average Bonchev–Trinajstić information content (AvgIpc) is 2.79. The van der Waals surface area contributed by atoms with Crippen molar-refractivity contribution in [2.24, 2.45) is 0 Å². The van der Waals surface area contributed by atoms with Gasteiger partial charge in [0.1, 0.15) is 5.65 Å². The Balaban J connectivity index is 1.95. The van der Waals surface area contributed by atoms with E-state index in [4.69, 9.17) is 16.7 Å². The van der Waals surface area contributed by atoms with Crippen molar-refractivity contribution >= 4 is 23.2 Å². The van der Waals surface area contributed by atoms with E-state index in [1.807, 2.05) is 30.5 Å². The van der Waals surface area contributed by atoms with Crippen molar-refractivity contribution < 1.29 is 9.90 Å². The van der Waals surface area contributed by atoms with E-state index < -0.39 is 5.97 Å². The number of aromatic nitrogens is 2. The largest absolute Gasteiger partial charge is 0.478 e. The maximum atomic E-state index is 10.9. The maximum absolute atomic E-state index is 10.9. The third-order valence-corrected chi connectivity index (χ3v) is 3.26. The lowest BCUT2D eigenvalue weighted by atomic mass is 10.1. The van der Waals surface area contributed by atoms with Crippen LogP contribution in [0, 0.1) is 0 Å². The average molecular weight is 287 g/mol. The molecule has 0 amide bonds. The van der Waals surface area contributed by atoms with Crippen LogP contribution in [-0.4, -0.2) is 20.5 Å². The molecule has 3 aromatic rings. The number of carboxylic acid groups (broad SMARTS) is 1. The van der Waals surface area contributed by atoms with Gasteiger partial charge < -0.3 is 9.51 Å². The van der Waals surface area contributed by atoms with Gasteiger partial charge in [0.2, 0.25) is 0 Å². The molecule has 0 aliphatic rings. The zero-order valence-corrected chi connectivity index (χ0v) is 11.2. The van der Waals surface area contributed by atoms with Crippen molar-refractivity contribution in [2.75, 3.05) is 0 Å². The van der Waals surface area contributed by atoms with Crippen LogP contribution in [0.5, 0.6) is 0 Å². The predicted molar refractivity (Wildman–Crippen MR) is 76.4 cm³/mol. The van der Waals surface area contributed by atoms with Crippen molar-refractivity contribution in [2.45, 2.75) is 6.42 Å². The predicted octanol–water partition coefficient (Wildman–Crippen LogP) is 3.28. The number of carboxylic acids is 1. The zero-order valence-electron chi connectivity index (χ0n) is 10.5. The summed E-state index contributed by atoms with van der Waals surface area (Å²) in [5, 5.41) is 9.66. The second-order valence-corrected chi connectivity index (χ2v) is 4.96. The Hall–Kier alpha value is -2.33. The van der Waals surface area contributed by atoms with Crippen LogP contribution >= 0.6 is 11.6 Å². The molecule has 0 radical (unpaired) electrons. The Labute approximate surface area is 120 Å². The third kappa shape index (κ3) is 2.51. The number of rotatable bonds is 3. The van der Waals surface area contributed by atoms with E-state index in [1.165, 1.54) is 0 Å². The zero-order chi connectivity index (χ0) is 14.1. The van der Waals surface area contributed by atoms with Gasteiger partial charge in [-0.25, -0.2) is 9.78 Å². The molecule has 4 nitrogen and oxygen atoms in total. The molecule has 1 N–H and O–H groups in total. The van der Waals surface area contributed by atoms with E-state index in [2.05, 4.69) is 4.98 Å². The van der Waals surface area contributed by atoms with Crippen molar-refractivity contribution in [1.82, 2.24) is 9.38 Å². The minimum atomic E-state index is -0.947. The molecule has 0 atom stereocenters. The van der Waals surface area contributed by atoms with Crippen molar-refractivity contribution in [3.05, 3.63) is 70.6 Å². The van der Waals surface area contributed by atoms with Gasteiger partial charge in [-0.1, -0.05) is 23.7 Å². The van der Waals surface area contributed by atoms with Gasteiger partial charge in [0.25, 0.3) is 0 Å². The van der Waals surface area contributed by atoms with Crippen LogP contribution in [0.25, 0.3) is 5.65 Å². The van der Waals surface area contributed by atoms with Gasteiger partial charge in [0.05, 0.1) is 11.3 Å². The molecule has 0 unspecified atom stereocenters. The van der Waals surface area contributed by atoms with Crippen LogP contribution in [0.2, 0.25) is 5.02 Å². The van der Waals surface area contributed by atoms with E-state index >= 15 is 0 Å². The summed E-state index contributed by atoms with van der Waals surface area (Å²) in [6.07, 6.45) is 4.06. The summed E-state index contributed by atoms with van der Waals surface area (Å²) in [5.74, 6) is -0.947. The summed E-state index contributed by atoms with van der Waals surface area (Å²) < 4.78 is 1.73.